The fourth-order valence-electron chi connectivity index (χ4n) is 2.42. The van der Waals surface area contributed by atoms with Crippen LogP contribution in [0.1, 0.15) is 24.5 Å². The molecule has 0 unspecified atom stereocenters. The number of rotatable bonds is 5. The van der Waals surface area contributed by atoms with Crippen LogP contribution < -0.4 is 4.74 Å². The summed E-state index contributed by atoms with van der Waals surface area (Å²) in [6.07, 6.45) is 1.76. The Morgan fingerprint density at radius 2 is 1.97 bits per heavy atom. The van der Waals surface area contributed by atoms with Crippen LogP contribution in [-0.4, -0.2) is 22.8 Å². The molecule has 0 aromatic heterocycles. The zero-order chi connectivity index (χ0) is 22.0. The van der Waals surface area contributed by atoms with Crippen molar-refractivity contribution in [1.82, 2.24) is 0 Å². The van der Waals surface area contributed by atoms with Crippen molar-refractivity contribution in [1.29, 1.82) is 0 Å². The molecule has 0 saturated heterocycles. The van der Waals surface area contributed by atoms with Crippen LogP contribution in [0.3, 0.4) is 0 Å². The summed E-state index contributed by atoms with van der Waals surface area (Å²) in [6, 6.07) is 7.25. The maximum Gasteiger partial charge on any atom is 0.363 e. The summed E-state index contributed by atoms with van der Waals surface area (Å²) < 4.78 is 11.9. The third kappa shape index (κ3) is 4.98. The van der Waals surface area contributed by atoms with Crippen LogP contribution in [-0.2, 0) is 14.3 Å². The molecule has 30 heavy (non-hydrogen) atoms. The van der Waals surface area contributed by atoms with Gasteiger partial charge in [-0.25, -0.2) is 9.79 Å². The van der Waals surface area contributed by atoms with Crippen LogP contribution in [0.4, 0.5) is 5.69 Å². The highest BCUT2D eigenvalue weighted by molar-refractivity contribution is 14.1. The van der Waals surface area contributed by atoms with Crippen molar-refractivity contribution in [2.45, 2.75) is 13.3 Å². The van der Waals surface area contributed by atoms with Crippen LogP contribution in [0.15, 0.2) is 41.0 Å². The predicted octanol–water partition coefficient (Wildman–Crippen LogP) is 5.12. The number of hydrogen-bond acceptors (Lipinski definition) is 7. The molecular weight excluding hydrogens is 641 g/mol. The Hall–Kier alpha value is -2.06. The number of nitrogens with zero attached hydrogens (tertiary/aromatic N) is 2. The normalized spacial score (nSPS) is 14.5. The van der Waals surface area contributed by atoms with Gasteiger partial charge in [-0.05, 0) is 75.0 Å². The summed E-state index contributed by atoms with van der Waals surface area (Å²) in [4.78, 5) is 38.4. The smallest absolute Gasteiger partial charge is 0.363 e. The van der Waals surface area contributed by atoms with Gasteiger partial charge in [0.1, 0.15) is 0 Å². The molecular formula is C19H11ClI2N2O6. The first-order chi connectivity index (χ1) is 14.2. The number of ether oxygens (including phenoxy) is 2. The number of aliphatic imine (C=N–C) groups is 1. The third-order valence-electron chi connectivity index (χ3n) is 3.84. The summed E-state index contributed by atoms with van der Waals surface area (Å²) in [6.45, 7) is 1.70. The summed E-state index contributed by atoms with van der Waals surface area (Å²) in [5.74, 6) is -0.719. The standard InChI is InChI=1S/C19H11ClI2N2O6/c1-2-16(25)29-17-13(21)5-9(6-14(17)22)7-15-19(26)30-18(23-15)11-8-10(24(27)28)3-4-12(11)20/h3-8H,2H2,1H3/b15-7-. The van der Waals surface area contributed by atoms with Crippen LogP contribution in [0.25, 0.3) is 6.08 Å². The number of non-ortho nitro benzene ring substituents is 1. The van der Waals surface area contributed by atoms with E-state index in [4.69, 9.17) is 21.1 Å². The molecule has 11 heteroatoms. The molecule has 154 valence electrons. The van der Waals surface area contributed by atoms with Gasteiger partial charge in [-0.3, -0.25) is 14.9 Å². The molecule has 0 N–H and O–H groups in total. The highest BCUT2D eigenvalue weighted by Gasteiger charge is 2.27. The van der Waals surface area contributed by atoms with Gasteiger partial charge in [0.2, 0.25) is 5.90 Å². The van der Waals surface area contributed by atoms with E-state index in [1.54, 1.807) is 19.1 Å². The van der Waals surface area contributed by atoms with Crippen LogP contribution in [0.5, 0.6) is 5.75 Å². The first-order valence-electron chi connectivity index (χ1n) is 8.36. The number of nitro benzene ring substituents is 1. The van der Waals surface area contributed by atoms with Gasteiger partial charge in [-0.2, -0.15) is 0 Å². The molecule has 8 nitrogen and oxygen atoms in total. The molecule has 1 heterocycles. The quantitative estimate of drug-likeness (QED) is 0.111. The number of halogens is 3. The maximum absolute atomic E-state index is 12.3. The van der Waals surface area contributed by atoms with Crippen LogP contribution in [0, 0.1) is 17.3 Å². The average Bonchev–Trinajstić information content (AvgIpc) is 3.04. The molecule has 0 fully saturated rings. The summed E-state index contributed by atoms with van der Waals surface area (Å²) in [7, 11) is 0. The molecule has 0 bridgehead atoms. The first kappa shape index (κ1) is 22.6. The summed E-state index contributed by atoms with van der Waals surface area (Å²) >= 11 is 10.2. The average molecular weight is 653 g/mol. The van der Waals surface area contributed by atoms with Crippen molar-refractivity contribution in [3.8, 4) is 5.75 Å². The topological polar surface area (TPSA) is 108 Å². The highest BCUT2D eigenvalue weighted by atomic mass is 127. The minimum atomic E-state index is -0.709. The number of hydrogen-bond donors (Lipinski definition) is 0. The highest BCUT2D eigenvalue weighted by Crippen LogP contribution is 2.31. The van der Waals surface area contributed by atoms with E-state index in [-0.39, 0.29) is 40.3 Å². The first-order valence-corrected chi connectivity index (χ1v) is 10.9. The third-order valence-corrected chi connectivity index (χ3v) is 5.77. The van der Waals surface area contributed by atoms with E-state index in [1.807, 2.05) is 45.2 Å². The van der Waals surface area contributed by atoms with Crippen molar-refractivity contribution in [3.63, 3.8) is 0 Å². The van der Waals surface area contributed by atoms with Gasteiger partial charge in [0.15, 0.2) is 11.4 Å². The SMILES string of the molecule is CCC(=O)Oc1c(I)cc(/C=C2\N=C(c3cc([N+](=O)[O-])ccc3Cl)OC2=O)cc1I. The summed E-state index contributed by atoms with van der Waals surface area (Å²) in [5, 5.41) is 11.2. The Labute approximate surface area is 202 Å². The second-order valence-corrected chi connectivity index (χ2v) is 8.63. The minimum absolute atomic E-state index is 0.0116. The molecule has 0 saturated carbocycles. The van der Waals surface area contributed by atoms with Crippen LogP contribution >= 0.6 is 56.8 Å². The monoisotopic (exact) mass is 652 g/mol. The van der Waals surface area contributed by atoms with Crippen molar-refractivity contribution < 1.29 is 24.0 Å². The second kappa shape index (κ2) is 9.39. The zero-order valence-electron chi connectivity index (χ0n) is 15.1. The van der Waals surface area contributed by atoms with Gasteiger partial charge >= 0.3 is 11.9 Å². The molecule has 1 aliphatic rings. The van der Waals surface area contributed by atoms with E-state index in [9.17, 15) is 19.7 Å². The van der Waals surface area contributed by atoms with Gasteiger partial charge in [0, 0.05) is 18.6 Å². The van der Waals surface area contributed by atoms with E-state index in [1.165, 1.54) is 24.3 Å². The second-order valence-electron chi connectivity index (χ2n) is 5.90. The minimum Gasteiger partial charge on any atom is -0.424 e. The van der Waals surface area contributed by atoms with Crippen molar-refractivity contribution in [2.24, 2.45) is 4.99 Å². The fraction of sp³-hybridized carbons (Fsp3) is 0.105. The van der Waals surface area contributed by atoms with E-state index in [0.717, 1.165) is 0 Å². The molecule has 2 aromatic rings. The predicted molar refractivity (Wildman–Crippen MR) is 127 cm³/mol. The lowest BCUT2D eigenvalue weighted by atomic mass is 10.2. The van der Waals surface area contributed by atoms with Crippen molar-refractivity contribution >= 4 is 86.4 Å². The lowest BCUT2D eigenvalue weighted by Gasteiger charge is -2.09. The van der Waals surface area contributed by atoms with Crippen LogP contribution in [0.2, 0.25) is 5.02 Å². The molecule has 0 aliphatic carbocycles. The van der Waals surface area contributed by atoms with E-state index in [0.29, 0.717) is 18.5 Å². The van der Waals surface area contributed by atoms with Gasteiger partial charge in [0.25, 0.3) is 5.69 Å². The molecule has 1 aliphatic heterocycles. The Kier molecular flexibility index (Phi) is 7.08. The van der Waals surface area contributed by atoms with Crippen molar-refractivity contribution in [2.75, 3.05) is 0 Å². The van der Waals surface area contributed by atoms with E-state index in [2.05, 4.69) is 4.99 Å². The van der Waals surface area contributed by atoms with Gasteiger partial charge in [-0.15, -0.1) is 0 Å². The maximum atomic E-state index is 12.3. The molecule has 0 amide bonds. The zero-order valence-corrected chi connectivity index (χ0v) is 20.2. The van der Waals surface area contributed by atoms with Crippen molar-refractivity contribution in [3.05, 3.63) is 69.4 Å². The lowest BCUT2D eigenvalue weighted by molar-refractivity contribution is -0.384. The molecule has 0 spiro atoms. The number of benzene rings is 2. The number of carbonyl (C=O) groups is 2. The summed E-state index contributed by atoms with van der Waals surface area (Å²) in [5.41, 5.74) is 0.597. The Balaban J connectivity index is 1.96. The lowest BCUT2D eigenvalue weighted by Crippen LogP contribution is -2.08. The number of esters is 2. The Morgan fingerprint density at radius 3 is 2.57 bits per heavy atom. The molecule has 2 aromatic carbocycles. The van der Waals surface area contributed by atoms with Gasteiger partial charge in [0.05, 0.1) is 22.6 Å². The van der Waals surface area contributed by atoms with E-state index >= 15 is 0 Å². The van der Waals surface area contributed by atoms with Gasteiger partial charge < -0.3 is 9.47 Å². The molecule has 0 radical (unpaired) electrons. The van der Waals surface area contributed by atoms with Gasteiger partial charge in [-0.1, -0.05) is 18.5 Å². The Morgan fingerprint density at radius 1 is 1.30 bits per heavy atom. The molecule has 3 rings (SSSR count). The number of cyclic esters (lactones) is 1. The number of carbonyl (C=O) groups excluding carboxylic acids is 2. The number of nitro groups is 1. The largest absolute Gasteiger partial charge is 0.424 e. The fourth-order valence-corrected chi connectivity index (χ4v) is 4.65. The van der Waals surface area contributed by atoms with E-state index < -0.39 is 10.9 Å². The molecule has 0 atom stereocenters. The Bertz CT molecular complexity index is 1120.